The van der Waals surface area contributed by atoms with Gasteiger partial charge in [-0.25, -0.2) is 0 Å². The number of nitrogens with zero attached hydrogens (tertiary/aromatic N) is 2. The minimum atomic E-state index is -0.0780. The first-order valence-corrected chi connectivity index (χ1v) is 5.73. The number of nitriles is 1. The predicted molar refractivity (Wildman–Crippen MR) is 65.6 cm³/mol. The second-order valence-corrected chi connectivity index (χ2v) is 4.21. The van der Waals surface area contributed by atoms with Gasteiger partial charge in [0.1, 0.15) is 0 Å². The van der Waals surface area contributed by atoms with Crippen molar-refractivity contribution in [3.63, 3.8) is 0 Å². The van der Waals surface area contributed by atoms with Gasteiger partial charge < -0.3 is 10.2 Å². The number of likely N-dealkylation sites (N-methyl/N-ethyl adjacent to an activating group) is 1. The number of hydrogen-bond acceptors (Lipinski definition) is 3. The number of benzene rings is 1. The molecule has 1 aromatic rings. The zero-order valence-electron chi connectivity index (χ0n) is 9.81. The molecule has 0 radical (unpaired) electrons. The summed E-state index contributed by atoms with van der Waals surface area (Å²) in [5, 5.41) is 12.0. The van der Waals surface area contributed by atoms with Gasteiger partial charge in [0.2, 0.25) is 5.91 Å². The summed E-state index contributed by atoms with van der Waals surface area (Å²) in [7, 11) is 1.75. The summed E-state index contributed by atoms with van der Waals surface area (Å²) in [4.78, 5) is 13.7. The Kier molecular flexibility index (Phi) is 3.40. The Morgan fingerprint density at radius 1 is 1.59 bits per heavy atom. The van der Waals surface area contributed by atoms with Gasteiger partial charge in [-0.1, -0.05) is 6.07 Å². The van der Waals surface area contributed by atoms with E-state index in [0.29, 0.717) is 5.56 Å². The van der Waals surface area contributed by atoms with E-state index in [0.717, 1.165) is 25.1 Å². The van der Waals surface area contributed by atoms with E-state index in [9.17, 15) is 4.79 Å². The maximum absolute atomic E-state index is 12.1. The van der Waals surface area contributed by atoms with Crippen molar-refractivity contribution in [2.75, 3.05) is 18.5 Å². The van der Waals surface area contributed by atoms with Gasteiger partial charge in [0.25, 0.3) is 0 Å². The normalized spacial score (nSPS) is 18.7. The third kappa shape index (κ3) is 2.45. The highest BCUT2D eigenvalue weighted by Gasteiger charge is 2.25. The van der Waals surface area contributed by atoms with Crippen molar-refractivity contribution in [3.8, 4) is 6.07 Å². The van der Waals surface area contributed by atoms with Gasteiger partial charge in [0.15, 0.2) is 0 Å². The number of hydrogen-bond donors (Lipinski definition) is 1. The highest BCUT2D eigenvalue weighted by molar-refractivity contribution is 5.97. The highest BCUT2D eigenvalue weighted by Crippen LogP contribution is 2.17. The Morgan fingerprint density at radius 2 is 2.41 bits per heavy atom. The van der Waals surface area contributed by atoms with Crippen LogP contribution in [0.15, 0.2) is 24.3 Å². The maximum atomic E-state index is 12.1. The first kappa shape index (κ1) is 11.6. The summed E-state index contributed by atoms with van der Waals surface area (Å²) in [6.07, 6.45) is 1.93. The number of anilines is 1. The first-order chi connectivity index (χ1) is 8.22. The lowest BCUT2D eigenvalue weighted by molar-refractivity contribution is -0.119. The van der Waals surface area contributed by atoms with E-state index in [4.69, 9.17) is 5.26 Å². The fourth-order valence-electron chi connectivity index (χ4n) is 2.04. The molecular weight excluding hydrogens is 214 g/mol. The molecule has 1 aromatic carbocycles. The van der Waals surface area contributed by atoms with Crippen molar-refractivity contribution in [2.24, 2.45) is 0 Å². The van der Waals surface area contributed by atoms with Crippen LogP contribution in [0, 0.1) is 11.3 Å². The largest absolute Gasteiger partial charge is 0.314 e. The minimum Gasteiger partial charge on any atom is -0.314 e. The average molecular weight is 229 g/mol. The summed E-state index contributed by atoms with van der Waals surface area (Å²) >= 11 is 0. The van der Waals surface area contributed by atoms with Crippen LogP contribution in [0.1, 0.15) is 18.4 Å². The molecule has 0 aliphatic carbocycles. The second kappa shape index (κ2) is 4.98. The number of amides is 1. The molecule has 1 saturated heterocycles. The van der Waals surface area contributed by atoms with Crippen molar-refractivity contribution in [2.45, 2.75) is 18.9 Å². The summed E-state index contributed by atoms with van der Waals surface area (Å²) in [5.41, 5.74) is 1.34. The van der Waals surface area contributed by atoms with Crippen molar-refractivity contribution < 1.29 is 4.79 Å². The fraction of sp³-hybridized carbons (Fsp3) is 0.385. The van der Waals surface area contributed by atoms with Gasteiger partial charge in [-0.05, 0) is 37.6 Å². The summed E-state index contributed by atoms with van der Waals surface area (Å²) in [6.45, 7) is 0.905. The van der Waals surface area contributed by atoms with Gasteiger partial charge >= 0.3 is 0 Å². The predicted octanol–water partition coefficient (Wildman–Crippen LogP) is 1.27. The number of carbonyl (C=O) groups excluding carboxylic acids is 1. The van der Waals surface area contributed by atoms with E-state index in [2.05, 4.69) is 11.4 Å². The molecule has 0 saturated carbocycles. The summed E-state index contributed by atoms with van der Waals surface area (Å²) in [6, 6.07) is 9.09. The quantitative estimate of drug-likeness (QED) is 0.831. The molecule has 0 aromatic heterocycles. The monoisotopic (exact) mass is 229 g/mol. The van der Waals surface area contributed by atoms with Gasteiger partial charge in [0.05, 0.1) is 17.7 Å². The van der Waals surface area contributed by atoms with E-state index in [1.54, 1.807) is 30.1 Å². The Hall–Kier alpha value is -1.86. The molecule has 1 atom stereocenters. The summed E-state index contributed by atoms with van der Waals surface area (Å²) in [5.74, 6) is 0.0672. The molecule has 2 rings (SSSR count). The molecule has 0 unspecified atom stereocenters. The van der Waals surface area contributed by atoms with Crippen molar-refractivity contribution in [1.82, 2.24) is 5.32 Å². The first-order valence-electron chi connectivity index (χ1n) is 5.73. The zero-order valence-corrected chi connectivity index (χ0v) is 9.81. The minimum absolute atomic E-state index is 0.0672. The average Bonchev–Trinajstić information content (AvgIpc) is 2.91. The number of carbonyl (C=O) groups is 1. The van der Waals surface area contributed by atoms with Gasteiger partial charge in [0, 0.05) is 12.7 Å². The van der Waals surface area contributed by atoms with Crippen molar-refractivity contribution in [1.29, 1.82) is 5.26 Å². The lowest BCUT2D eigenvalue weighted by Crippen LogP contribution is -2.41. The van der Waals surface area contributed by atoms with Gasteiger partial charge in [-0.3, -0.25) is 4.79 Å². The van der Waals surface area contributed by atoms with Crippen LogP contribution >= 0.6 is 0 Å². The number of rotatable bonds is 2. The molecule has 1 fully saturated rings. The Labute approximate surface area is 101 Å². The van der Waals surface area contributed by atoms with Crippen LogP contribution in [-0.4, -0.2) is 25.5 Å². The Balaban J connectivity index is 2.15. The van der Waals surface area contributed by atoms with Gasteiger partial charge in [-0.15, -0.1) is 0 Å². The van der Waals surface area contributed by atoms with Crippen LogP contribution in [0.2, 0.25) is 0 Å². The molecule has 1 aliphatic heterocycles. The highest BCUT2D eigenvalue weighted by atomic mass is 16.2. The molecule has 0 spiro atoms. The smallest absolute Gasteiger partial charge is 0.243 e. The van der Waals surface area contributed by atoms with E-state index in [1.165, 1.54) is 0 Å². The maximum Gasteiger partial charge on any atom is 0.243 e. The third-order valence-electron chi connectivity index (χ3n) is 3.05. The van der Waals surface area contributed by atoms with Crippen LogP contribution in [0.5, 0.6) is 0 Å². The summed E-state index contributed by atoms with van der Waals surface area (Å²) < 4.78 is 0. The molecule has 4 heteroatoms. The van der Waals surface area contributed by atoms with Crippen molar-refractivity contribution in [3.05, 3.63) is 29.8 Å². The molecule has 0 bridgehead atoms. The SMILES string of the molecule is CN(C(=O)[C@@H]1CCCN1)c1cccc(C#N)c1. The van der Waals surface area contributed by atoms with Crippen LogP contribution in [0.25, 0.3) is 0 Å². The van der Waals surface area contributed by atoms with Crippen molar-refractivity contribution >= 4 is 11.6 Å². The van der Waals surface area contributed by atoms with Crippen LogP contribution in [-0.2, 0) is 4.79 Å². The molecule has 17 heavy (non-hydrogen) atoms. The zero-order chi connectivity index (χ0) is 12.3. The Bertz CT molecular complexity index is 458. The third-order valence-corrected chi connectivity index (χ3v) is 3.05. The second-order valence-electron chi connectivity index (χ2n) is 4.21. The van der Waals surface area contributed by atoms with E-state index in [1.807, 2.05) is 6.07 Å². The topological polar surface area (TPSA) is 56.1 Å². The molecule has 1 aliphatic rings. The fourth-order valence-corrected chi connectivity index (χ4v) is 2.04. The molecule has 1 amide bonds. The standard InChI is InChI=1S/C13H15N3O/c1-16(13(17)12-6-3-7-15-12)11-5-2-4-10(8-11)9-14/h2,4-5,8,12,15H,3,6-7H2,1H3/t12-/m0/s1. The van der Waals surface area contributed by atoms with E-state index in [-0.39, 0.29) is 11.9 Å². The van der Waals surface area contributed by atoms with Gasteiger partial charge in [-0.2, -0.15) is 5.26 Å². The van der Waals surface area contributed by atoms with Crippen LogP contribution in [0.3, 0.4) is 0 Å². The Morgan fingerprint density at radius 3 is 3.06 bits per heavy atom. The van der Waals surface area contributed by atoms with Crippen LogP contribution < -0.4 is 10.2 Å². The lowest BCUT2D eigenvalue weighted by atomic mass is 10.1. The number of nitrogens with one attached hydrogen (secondary N) is 1. The van der Waals surface area contributed by atoms with E-state index >= 15 is 0 Å². The van der Waals surface area contributed by atoms with Crippen LogP contribution in [0.4, 0.5) is 5.69 Å². The molecule has 1 heterocycles. The molecular formula is C13H15N3O. The molecule has 1 N–H and O–H groups in total. The lowest BCUT2D eigenvalue weighted by Gasteiger charge is -2.21. The van der Waals surface area contributed by atoms with E-state index < -0.39 is 0 Å². The molecule has 88 valence electrons. The molecule has 4 nitrogen and oxygen atoms in total.